The molecule has 0 saturated heterocycles. The zero-order chi connectivity index (χ0) is 14.5. The molecule has 0 bridgehead atoms. The Kier molecular flexibility index (Phi) is 4.34. The van der Waals surface area contributed by atoms with E-state index in [2.05, 4.69) is 34.5 Å². The molecule has 0 aliphatic rings. The lowest BCUT2D eigenvalue weighted by molar-refractivity contribution is -0.122. The van der Waals surface area contributed by atoms with Crippen LogP contribution in [-0.4, -0.2) is 20.7 Å². The number of aromatic nitrogens is 3. The van der Waals surface area contributed by atoms with Gasteiger partial charge in [-0.15, -0.1) is 5.10 Å². The van der Waals surface area contributed by atoms with Gasteiger partial charge in [-0.2, -0.15) is 0 Å². The molecule has 2 aromatic rings. The molecule has 1 aromatic heterocycles. The van der Waals surface area contributed by atoms with Gasteiger partial charge in [0.15, 0.2) is 0 Å². The second-order valence-corrected chi connectivity index (χ2v) is 4.68. The molecule has 3 N–H and O–H groups in total. The van der Waals surface area contributed by atoms with Gasteiger partial charge in [0, 0.05) is 0 Å². The molecule has 2 rings (SSSR count). The van der Waals surface area contributed by atoms with Crippen LogP contribution in [0, 0.1) is 0 Å². The molecule has 0 fully saturated rings. The van der Waals surface area contributed by atoms with E-state index in [1.54, 1.807) is 0 Å². The SMILES string of the molecule is CCc1ccc(C(C)NC(=O)Cn2cnc(N)n2)cc1. The van der Waals surface area contributed by atoms with Crippen LogP contribution in [-0.2, 0) is 17.8 Å². The number of rotatable bonds is 5. The van der Waals surface area contributed by atoms with Crippen LogP contribution in [0.25, 0.3) is 0 Å². The highest BCUT2D eigenvalue weighted by molar-refractivity contribution is 5.76. The van der Waals surface area contributed by atoms with Crippen molar-refractivity contribution < 1.29 is 4.79 Å². The minimum Gasteiger partial charge on any atom is -0.367 e. The Morgan fingerprint density at radius 1 is 1.40 bits per heavy atom. The molecule has 20 heavy (non-hydrogen) atoms. The molecule has 0 radical (unpaired) electrons. The molecule has 6 nitrogen and oxygen atoms in total. The third kappa shape index (κ3) is 3.57. The summed E-state index contributed by atoms with van der Waals surface area (Å²) in [6, 6.07) is 8.19. The van der Waals surface area contributed by atoms with Gasteiger partial charge in [-0.1, -0.05) is 31.2 Å². The average Bonchev–Trinajstić information content (AvgIpc) is 2.84. The number of nitrogens with zero attached hydrogens (tertiary/aromatic N) is 3. The molecule has 1 unspecified atom stereocenters. The fourth-order valence-corrected chi connectivity index (χ4v) is 1.94. The zero-order valence-electron chi connectivity index (χ0n) is 11.7. The predicted molar refractivity (Wildman–Crippen MR) is 76.8 cm³/mol. The van der Waals surface area contributed by atoms with Crippen molar-refractivity contribution >= 4 is 11.9 Å². The summed E-state index contributed by atoms with van der Waals surface area (Å²) in [4.78, 5) is 15.7. The number of nitrogens with one attached hydrogen (secondary N) is 1. The van der Waals surface area contributed by atoms with Crippen molar-refractivity contribution in [3.8, 4) is 0 Å². The fraction of sp³-hybridized carbons (Fsp3) is 0.357. The second kappa shape index (κ2) is 6.18. The van der Waals surface area contributed by atoms with E-state index in [4.69, 9.17) is 5.73 Å². The Hall–Kier alpha value is -2.37. The van der Waals surface area contributed by atoms with Crippen molar-refractivity contribution in [1.29, 1.82) is 0 Å². The van der Waals surface area contributed by atoms with Gasteiger partial charge in [0.1, 0.15) is 12.9 Å². The van der Waals surface area contributed by atoms with Crippen LogP contribution in [0.1, 0.15) is 31.0 Å². The first-order valence-corrected chi connectivity index (χ1v) is 6.61. The van der Waals surface area contributed by atoms with Gasteiger partial charge in [-0.3, -0.25) is 4.79 Å². The van der Waals surface area contributed by atoms with Gasteiger partial charge in [0.25, 0.3) is 0 Å². The van der Waals surface area contributed by atoms with E-state index in [1.165, 1.54) is 16.6 Å². The molecule has 0 aliphatic carbocycles. The lowest BCUT2D eigenvalue weighted by atomic mass is 10.1. The Morgan fingerprint density at radius 3 is 2.65 bits per heavy atom. The maximum atomic E-state index is 11.9. The van der Waals surface area contributed by atoms with Crippen molar-refractivity contribution in [2.24, 2.45) is 0 Å². The van der Waals surface area contributed by atoms with E-state index in [0.717, 1.165) is 12.0 Å². The number of amides is 1. The van der Waals surface area contributed by atoms with Crippen LogP contribution >= 0.6 is 0 Å². The van der Waals surface area contributed by atoms with Crippen LogP contribution in [0.4, 0.5) is 5.95 Å². The number of carbonyl (C=O) groups excluding carboxylic acids is 1. The van der Waals surface area contributed by atoms with E-state index in [0.29, 0.717) is 0 Å². The molecular weight excluding hydrogens is 254 g/mol. The first-order valence-electron chi connectivity index (χ1n) is 6.61. The third-order valence-electron chi connectivity index (χ3n) is 3.13. The number of benzene rings is 1. The quantitative estimate of drug-likeness (QED) is 0.859. The fourth-order valence-electron chi connectivity index (χ4n) is 1.94. The molecule has 6 heteroatoms. The summed E-state index contributed by atoms with van der Waals surface area (Å²) in [5, 5.41) is 6.80. The van der Waals surface area contributed by atoms with Crippen molar-refractivity contribution in [3.05, 3.63) is 41.7 Å². The van der Waals surface area contributed by atoms with Crippen LogP contribution in [0.2, 0.25) is 0 Å². The van der Waals surface area contributed by atoms with Crippen LogP contribution in [0.3, 0.4) is 0 Å². The van der Waals surface area contributed by atoms with E-state index >= 15 is 0 Å². The average molecular weight is 273 g/mol. The maximum Gasteiger partial charge on any atom is 0.242 e. The highest BCUT2D eigenvalue weighted by Crippen LogP contribution is 2.13. The van der Waals surface area contributed by atoms with Crippen LogP contribution < -0.4 is 11.1 Å². The normalized spacial score (nSPS) is 12.1. The Morgan fingerprint density at radius 2 is 2.10 bits per heavy atom. The second-order valence-electron chi connectivity index (χ2n) is 4.68. The molecule has 0 saturated carbocycles. The summed E-state index contributed by atoms with van der Waals surface area (Å²) in [7, 11) is 0. The summed E-state index contributed by atoms with van der Waals surface area (Å²) >= 11 is 0. The first kappa shape index (κ1) is 14.0. The molecule has 106 valence electrons. The van der Waals surface area contributed by atoms with Crippen LogP contribution in [0.5, 0.6) is 0 Å². The molecule has 0 spiro atoms. The van der Waals surface area contributed by atoms with Crippen LogP contribution in [0.15, 0.2) is 30.6 Å². The van der Waals surface area contributed by atoms with Gasteiger partial charge < -0.3 is 11.1 Å². The largest absolute Gasteiger partial charge is 0.367 e. The number of aryl methyl sites for hydroxylation is 1. The van der Waals surface area contributed by atoms with E-state index in [1.807, 2.05) is 19.1 Å². The van der Waals surface area contributed by atoms with E-state index in [-0.39, 0.29) is 24.4 Å². The summed E-state index contributed by atoms with van der Waals surface area (Å²) < 4.78 is 1.41. The monoisotopic (exact) mass is 273 g/mol. The first-order chi connectivity index (χ1) is 9.58. The van der Waals surface area contributed by atoms with E-state index < -0.39 is 0 Å². The Balaban J connectivity index is 1.92. The molecule has 0 aliphatic heterocycles. The van der Waals surface area contributed by atoms with Crippen molar-refractivity contribution in [1.82, 2.24) is 20.1 Å². The Bertz CT molecular complexity index is 576. The number of nitrogens with two attached hydrogens (primary N) is 1. The number of hydrogen-bond donors (Lipinski definition) is 2. The minimum atomic E-state index is -0.123. The van der Waals surface area contributed by atoms with Gasteiger partial charge in [-0.05, 0) is 24.5 Å². The van der Waals surface area contributed by atoms with Gasteiger partial charge in [0.05, 0.1) is 6.04 Å². The minimum absolute atomic E-state index is 0.0470. The molecule has 1 atom stereocenters. The zero-order valence-corrected chi connectivity index (χ0v) is 11.7. The predicted octanol–water partition coefficient (Wildman–Crippen LogP) is 1.30. The number of nitrogen functional groups attached to an aromatic ring is 1. The summed E-state index contributed by atoms with van der Waals surface area (Å²) in [6.45, 7) is 4.18. The molecule has 1 heterocycles. The smallest absolute Gasteiger partial charge is 0.242 e. The maximum absolute atomic E-state index is 11.9. The lowest BCUT2D eigenvalue weighted by Crippen LogP contribution is -2.30. The summed E-state index contributed by atoms with van der Waals surface area (Å²) in [5.74, 6) is 0.0444. The highest BCUT2D eigenvalue weighted by atomic mass is 16.2. The highest BCUT2D eigenvalue weighted by Gasteiger charge is 2.10. The topological polar surface area (TPSA) is 85.8 Å². The van der Waals surface area contributed by atoms with Gasteiger partial charge in [-0.25, -0.2) is 9.67 Å². The number of anilines is 1. The third-order valence-corrected chi connectivity index (χ3v) is 3.13. The van der Waals surface area contributed by atoms with E-state index in [9.17, 15) is 4.79 Å². The summed E-state index contributed by atoms with van der Waals surface area (Å²) in [5.41, 5.74) is 7.76. The van der Waals surface area contributed by atoms with Crippen molar-refractivity contribution in [2.45, 2.75) is 32.9 Å². The lowest BCUT2D eigenvalue weighted by Gasteiger charge is -2.14. The summed E-state index contributed by atoms with van der Waals surface area (Å²) in [6.07, 6.45) is 2.45. The van der Waals surface area contributed by atoms with Crippen molar-refractivity contribution in [3.63, 3.8) is 0 Å². The van der Waals surface area contributed by atoms with Crippen molar-refractivity contribution in [2.75, 3.05) is 5.73 Å². The molecule has 1 amide bonds. The number of carbonyl (C=O) groups is 1. The Labute approximate surface area is 118 Å². The van der Waals surface area contributed by atoms with Gasteiger partial charge >= 0.3 is 0 Å². The number of hydrogen-bond acceptors (Lipinski definition) is 4. The molecule has 1 aromatic carbocycles. The molecular formula is C14H19N5O. The van der Waals surface area contributed by atoms with Gasteiger partial charge in [0.2, 0.25) is 11.9 Å². The standard InChI is InChI=1S/C14H19N5O/c1-3-11-4-6-12(7-5-11)10(2)17-13(20)8-19-9-16-14(15)18-19/h4-7,9-10H,3,8H2,1-2H3,(H2,15,18)(H,17,20).